The Kier molecular flexibility index (Phi) is 4.70. The zero-order chi connectivity index (χ0) is 9.68. The molecule has 0 aromatic carbocycles. The highest BCUT2D eigenvalue weighted by atomic mass is 16.5. The van der Waals surface area contributed by atoms with E-state index in [2.05, 4.69) is 11.8 Å². The minimum Gasteiger partial charge on any atom is -0.376 e. The minimum absolute atomic E-state index is 0.232. The van der Waals surface area contributed by atoms with Gasteiger partial charge in [-0.1, -0.05) is 6.92 Å². The monoisotopic (exact) mass is 186 g/mol. The van der Waals surface area contributed by atoms with Gasteiger partial charge < -0.3 is 15.4 Å². The molecule has 0 spiro atoms. The lowest BCUT2D eigenvalue weighted by atomic mass is 10.2. The largest absolute Gasteiger partial charge is 0.376 e. The average molecular weight is 186 g/mol. The summed E-state index contributed by atoms with van der Waals surface area (Å²) in [6, 6.07) is 0. The first-order chi connectivity index (χ1) is 6.26. The second-order valence-corrected chi connectivity index (χ2v) is 3.97. The van der Waals surface area contributed by atoms with Crippen molar-refractivity contribution in [2.45, 2.75) is 26.4 Å². The Balaban J connectivity index is 2.21. The summed E-state index contributed by atoms with van der Waals surface area (Å²) in [4.78, 5) is 2.46. The van der Waals surface area contributed by atoms with Gasteiger partial charge in [0.2, 0.25) is 0 Å². The minimum atomic E-state index is 0.232. The van der Waals surface area contributed by atoms with Crippen LogP contribution in [0, 0.1) is 5.92 Å². The fourth-order valence-electron chi connectivity index (χ4n) is 1.91. The zero-order valence-electron chi connectivity index (χ0n) is 8.83. The topological polar surface area (TPSA) is 38.5 Å². The van der Waals surface area contributed by atoms with Crippen molar-refractivity contribution in [3.05, 3.63) is 0 Å². The lowest BCUT2D eigenvalue weighted by molar-refractivity contribution is 0.0441. The Hall–Kier alpha value is -0.120. The van der Waals surface area contributed by atoms with Crippen molar-refractivity contribution in [3.8, 4) is 0 Å². The van der Waals surface area contributed by atoms with Crippen molar-refractivity contribution in [1.82, 2.24) is 4.90 Å². The first kappa shape index (κ1) is 11.0. The highest BCUT2D eigenvalue weighted by Gasteiger charge is 2.21. The fraction of sp³-hybridized carbons (Fsp3) is 1.00. The maximum atomic E-state index is 5.62. The number of rotatable bonds is 5. The standard InChI is InChI=1S/C10H22N2O/c1-3-13-10(6-11)8-12-5-4-9(2)7-12/h9-10H,3-8,11H2,1-2H3. The summed E-state index contributed by atoms with van der Waals surface area (Å²) in [7, 11) is 0. The van der Waals surface area contributed by atoms with Gasteiger partial charge in [0.05, 0.1) is 6.10 Å². The van der Waals surface area contributed by atoms with Crippen LogP contribution in [-0.2, 0) is 4.74 Å². The van der Waals surface area contributed by atoms with E-state index in [9.17, 15) is 0 Å². The van der Waals surface area contributed by atoms with E-state index in [1.165, 1.54) is 19.5 Å². The molecule has 1 aliphatic heterocycles. The Morgan fingerprint density at radius 1 is 1.62 bits per heavy atom. The molecule has 1 fully saturated rings. The molecule has 13 heavy (non-hydrogen) atoms. The van der Waals surface area contributed by atoms with Crippen LogP contribution in [0.15, 0.2) is 0 Å². The smallest absolute Gasteiger partial charge is 0.0823 e. The Morgan fingerprint density at radius 2 is 2.38 bits per heavy atom. The van der Waals surface area contributed by atoms with E-state index in [1.54, 1.807) is 0 Å². The first-order valence-electron chi connectivity index (χ1n) is 5.30. The van der Waals surface area contributed by atoms with Gasteiger partial charge in [-0.05, 0) is 25.8 Å². The SMILES string of the molecule is CCOC(CN)CN1CCC(C)C1. The van der Waals surface area contributed by atoms with E-state index in [0.29, 0.717) is 6.54 Å². The molecule has 3 nitrogen and oxygen atoms in total. The van der Waals surface area contributed by atoms with Gasteiger partial charge in [-0.3, -0.25) is 0 Å². The average Bonchev–Trinajstić information content (AvgIpc) is 2.50. The van der Waals surface area contributed by atoms with Crippen molar-refractivity contribution < 1.29 is 4.74 Å². The molecule has 1 aliphatic rings. The summed E-state index contributed by atoms with van der Waals surface area (Å²) in [6.07, 6.45) is 1.55. The lowest BCUT2D eigenvalue weighted by Crippen LogP contribution is -2.37. The predicted octanol–water partition coefficient (Wildman–Crippen LogP) is 0.692. The van der Waals surface area contributed by atoms with Gasteiger partial charge in [0.15, 0.2) is 0 Å². The molecule has 0 radical (unpaired) electrons. The third kappa shape index (κ3) is 3.63. The molecule has 0 saturated carbocycles. The Bertz CT molecular complexity index is 139. The second kappa shape index (κ2) is 5.58. The maximum absolute atomic E-state index is 5.62. The number of nitrogens with zero attached hydrogens (tertiary/aromatic N) is 1. The van der Waals surface area contributed by atoms with E-state index >= 15 is 0 Å². The van der Waals surface area contributed by atoms with Crippen molar-refractivity contribution in [2.75, 3.05) is 32.8 Å². The van der Waals surface area contributed by atoms with E-state index < -0.39 is 0 Å². The van der Waals surface area contributed by atoms with Crippen LogP contribution in [-0.4, -0.2) is 43.8 Å². The van der Waals surface area contributed by atoms with Crippen LogP contribution in [0.3, 0.4) is 0 Å². The molecule has 0 aliphatic carbocycles. The van der Waals surface area contributed by atoms with Gasteiger partial charge in [-0.15, -0.1) is 0 Å². The van der Waals surface area contributed by atoms with E-state index in [-0.39, 0.29) is 6.10 Å². The summed E-state index contributed by atoms with van der Waals surface area (Å²) in [5.41, 5.74) is 5.62. The van der Waals surface area contributed by atoms with Crippen molar-refractivity contribution in [1.29, 1.82) is 0 Å². The molecule has 0 aromatic heterocycles. The van der Waals surface area contributed by atoms with Crippen LogP contribution in [0.4, 0.5) is 0 Å². The summed E-state index contributed by atoms with van der Waals surface area (Å²) < 4.78 is 5.52. The molecular formula is C10H22N2O. The highest BCUT2D eigenvalue weighted by Crippen LogP contribution is 2.15. The van der Waals surface area contributed by atoms with Crippen LogP contribution < -0.4 is 5.73 Å². The van der Waals surface area contributed by atoms with Gasteiger partial charge in [-0.25, -0.2) is 0 Å². The predicted molar refractivity (Wildman–Crippen MR) is 54.7 cm³/mol. The van der Waals surface area contributed by atoms with Crippen molar-refractivity contribution in [2.24, 2.45) is 11.7 Å². The molecule has 2 N–H and O–H groups in total. The van der Waals surface area contributed by atoms with Crippen LogP contribution in [0.25, 0.3) is 0 Å². The number of ether oxygens (including phenoxy) is 1. The summed E-state index contributed by atoms with van der Waals surface area (Å²) in [5.74, 6) is 0.847. The third-order valence-corrected chi connectivity index (χ3v) is 2.64. The Morgan fingerprint density at radius 3 is 2.85 bits per heavy atom. The van der Waals surface area contributed by atoms with Gasteiger partial charge in [0, 0.05) is 26.2 Å². The van der Waals surface area contributed by atoms with Gasteiger partial charge in [0.25, 0.3) is 0 Å². The van der Waals surface area contributed by atoms with Crippen molar-refractivity contribution in [3.63, 3.8) is 0 Å². The van der Waals surface area contributed by atoms with Gasteiger partial charge in [0.1, 0.15) is 0 Å². The van der Waals surface area contributed by atoms with Gasteiger partial charge >= 0.3 is 0 Å². The fourth-order valence-corrected chi connectivity index (χ4v) is 1.91. The van der Waals surface area contributed by atoms with Crippen molar-refractivity contribution >= 4 is 0 Å². The molecule has 0 aromatic rings. The molecule has 3 heteroatoms. The zero-order valence-corrected chi connectivity index (χ0v) is 8.83. The number of nitrogens with two attached hydrogens (primary N) is 1. The quantitative estimate of drug-likeness (QED) is 0.686. The van der Waals surface area contributed by atoms with E-state index in [4.69, 9.17) is 10.5 Å². The molecule has 0 bridgehead atoms. The number of hydrogen-bond donors (Lipinski definition) is 1. The molecule has 1 heterocycles. The molecular weight excluding hydrogens is 164 g/mol. The lowest BCUT2D eigenvalue weighted by Gasteiger charge is -2.22. The molecule has 78 valence electrons. The third-order valence-electron chi connectivity index (χ3n) is 2.64. The van der Waals surface area contributed by atoms with E-state index in [1.807, 2.05) is 6.92 Å². The molecule has 2 atom stereocenters. The molecule has 2 unspecified atom stereocenters. The molecule has 1 saturated heterocycles. The van der Waals surface area contributed by atoms with Crippen LogP contribution in [0.1, 0.15) is 20.3 Å². The maximum Gasteiger partial charge on any atom is 0.0823 e. The second-order valence-electron chi connectivity index (χ2n) is 3.97. The summed E-state index contributed by atoms with van der Waals surface area (Å²) >= 11 is 0. The molecule has 1 rings (SSSR count). The summed E-state index contributed by atoms with van der Waals surface area (Å²) in [6.45, 7) is 9.17. The summed E-state index contributed by atoms with van der Waals surface area (Å²) in [5, 5.41) is 0. The van der Waals surface area contributed by atoms with E-state index in [0.717, 1.165) is 19.1 Å². The normalized spacial score (nSPS) is 26.5. The van der Waals surface area contributed by atoms with Gasteiger partial charge in [-0.2, -0.15) is 0 Å². The molecule has 0 amide bonds. The first-order valence-corrected chi connectivity index (χ1v) is 5.30. The number of hydrogen-bond acceptors (Lipinski definition) is 3. The van der Waals surface area contributed by atoms with Crippen LogP contribution in [0.2, 0.25) is 0 Å². The highest BCUT2D eigenvalue weighted by molar-refractivity contribution is 4.75. The Labute approximate surface area is 81.2 Å². The number of likely N-dealkylation sites (tertiary alicyclic amines) is 1. The van der Waals surface area contributed by atoms with Crippen LogP contribution >= 0.6 is 0 Å². The van der Waals surface area contributed by atoms with Crippen LogP contribution in [0.5, 0.6) is 0 Å².